The van der Waals surface area contributed by atoms with Gasteiger partial charge in [-0.05, 0) is 34.3 Å². The summed E-state index contributed by atoms with van der Waals surface area (Å²) < 4.78 is 0.761. The third-order valence-corrected chi connectivity index (χ3v) is 4.70. The Morgan fingerprint density at radius 1 is 1.33 bits per heavy atom. The van der Waals surface area contributed by atoms with Crippen LogP contribution in [0.5, 0.6) is 0 Å². The van der Waals surface area contributed by atoms with Crippen LogP contribution in [0.1, 0.15) is 5.69 Å². The lowest BCUT2D eigenvalue weighted by atomic mass is 10.4. The van der Waals surface area contributed by atoms with E-state index in [2.05, 4.69) is 30.9 Å². The molecule has 2 rings (SSSR count). The molecule has 0 radical (unpaired) electrons. The smallest absolute Gasteiger partial charge is 0.191 e. The number of aromatic nitrogens is 3. The van der Waals surface area contributed by atoms with Crippen molar-refractivity contribution in [3.8, 4) is 0 Å². The first-order chi connectivity index (χ1) is 8.70. The van der Waals surface area contributed by atoms with E-state index in [0.717, 1.165) is 20.9 Å². The highest BCUT2D eigenvalue weighted by molar-refractivity contribution is 9.10. The van der Waals surface area contributed by atoms with Gasteiger partial charge >= 0.3 is 0 Å². The molecule has 0 amide bonds. The lowest BCUT2D eigenvalue weighted by Gasteiger charge is -2.06. The molecular formula is C11H11BrN4S2. The van der Waals surface area contributed by atoms with Gasteiger partial charge in [0, 0.05) is 11.9 Å². The Bertz CT molecular complexity index is 536. The molecule has 2 N–H and O–H groups in total. The molecule has 0 aliphatic carbocycles. The van der Waals surface area contributed by atoms with Gasteiger partial charge in [0.15, 0.2) is 5.16 Å². The van der Waals surface area contributed by atoms with Crippen molar-refractivity contribution in [2.24, 2.45) is 0 Å². The van der Waals surface area contributed by atoms with Gasteiger partial charge in [-0.25, -0.2) is 9.97 Å². The van der Waals surface area contributed by atoms with Crippen LogP contribution in [0.15, 0.2) is 39.1 Å². The summed E-state index contributed by atoms with van der Waals surface area (Å²) in [5, 5.41) is 1.52. The maximum absolute atomic E-state index is 5.83. The van der Waals surface area contributed by atoms with Gasteiger partial charge < -0.3 is 5.73 Å². The summed E-state index contributed by atoms with van der Waals surface area (Å²) in [7, 11) is 0. The molecule has 0 aromatic carbocycles. The maximum Gasteiger partial charge on any atom is 0.191 e. The third-order valence-electron chi connectivity index (χ3n) is 2.09. The summed E-state index contributed by atoms with van der Waals surface area (Å²) in [4.78, 5) is 12.9. The van der Waals surface area contributed by atoms with Crippen LogP contribution in [0, 0.1) is 0 Å². The predicted octanol–water partition coefficient (Wildman–Crippen LogP) is 3.23. The molecule has 0 saturated carbocycles. The Hall–Kier alpha value is -0.790. The largest absolute Gasteiger partial charge is 0.383 e. The first-order valence-electron chi connectivity index (χ1n) is 5.10. The number of hydrogen-bond donors (Lipinski definition) is 1. The first-order valence-corrected chi connectivity index (χ1v) is 8.10. The highest BCUT2D eigenvalue weighted by Gasteiger charge is 2.09. The van der Waals surface area contributed by atoms with E-state index >= 15 is 0 Å². The average Bonchev–Trinajstić information content (AvgIpc) is 2.41. The van der Waals surface area contributed by atoms with Gasteiger partial charge in [0.2, 0.25) is 0 Å². The zero-order valence-corrected chi connectivity index (χ0v) is 12.8. The van der Waals surface area contributed by atoms with Gasteiger partial charge in [0.05, 0.1) is 10.2 Å². The minimum atomic E-state index is 0.470. The standard InChI is InChI=1S/C11H11BrN4S2/c1-17-10-8(12)9(13)15-11(16-10)18-6-7-4-2-3-5-14-7/h2-5H,6H2,1H3,(H2,13,15,16). The topological polar surface area (TPSA) is 64.7 Å². The molecule has 0 unspecified atom stereocenters. The molecule has 7 heteroatoms. The van der Waals surface area contributed by atoms with Gasteiger partial charge in [-0.3, -0.25) is 4.98 Å². The summed E-state index contributed by atoms with van der Waals surface area (Å²) in [5.74, 6) is 1.20. The van der Waals surface area contributed by atoms with E-state index in [0.29, 0.717) is 11.0 Å². The summed E-state index contributed by atoms with van der Waals surface area (Å²) in [6, 6.07) is 5.84. The van der Waals surface area contributed by atoms with Crippen LogP contribution in [0.2, 0.25) is 0 Å². The van der Waals surface area contributed by atoms with Crippen molar-refractivity contribution in [1.29, 1.82) is 0 Å². The van der Waals surface area contributed by atoms with Crippen LogP contribution in [0.3, 0.4) is 0 Å². The molecule has 0 fully saturated rings. The van der Waals surface area contributed by atoms with Crippen molar-refractivity contribution in [2.45, 2.75) is 15.9 Å². The van der Waals surface area contributed by atoms with Gasteiger partial charge in [0.1, 0.15) is 10.8 Å². The molecule has 0 aliphatic rings. The quantitative estimate of drug-likeness (QED) is 0.522. The van der Waals surface area contributed by atoms with E-state index in [1.54, 1.807) is 6.20 Å². The fourth-order valence-electron chi connectivity index (χ4n) is 1.24. The SMILES string of the molecule is CSc1nc(SCc2ccccn2)nc(N)c1Br. The number of nitrogens with zero attached hydrogens (tertiary/aromatic N) is 3. The van der Waals surface area contributed by atoms with Crippen molar-refractivity contribution in [1.82, 2.24) is 15.0 Å². The number of thioether (sulfide) groups is 2. The zero-order chi connectivity index (χ0) is 13.0. The number of nitrogen functional groups attached to an aromatic ring is 1. The second-order valence-electron chi connectivity index (χ2n) is 3.32. The van der Waals surface area contributed by atoms with Crippen molar-refractivity contribution >= 4 is 45.3 Å². The van der Waals surface area contributed by atoms with Crippen LogP contribution in [-0.4, -0.2) is 21.2 Å². The van der Waals surface area contributed by atoms with Crippen molar-refractivity contribution in [3.63, 3.8) is 0 Å². The summed E-state index contributed by atoms with van der Waals surface area (Å²) in [5.41, 5.74) is 6.82. The maximum atomic E-state index is 5.83. The Kier molecular flexibility index (Phi) is 4.85. The van der Waals surface area contributed by atoms with Crippen LogP contribution >= 0.6 is 39.5 Å². The molecule has 4 nitrogen and oxygen atoms in total. The van der Waals surface area contributed by atoms with Crippen molar-refractivity contribution in [3.05, 3.63) is 34.6 Å². The molecule has 0 bridgehead atoms. The minimum Gasteiger partial charge on any atom is -0.383 e. The summed E-state index contributed by atoms with van der Waals surface area (Å²) in [6.45, 7) is 0. The fourth-order valence-corrected chi connectivity index (χ4v) is 3.19. The second kappa shape index (κ2) is 6.40. The minimum absolute atomic E-state index is 0.470. The van der Waals surface area contributed by atoms with E-state index < -0.39 is 0 Å². The Labute approximate surface area is 122 Å². The summed E-state index contributed by atoms with van der Waals surface area (Å²) >= 11 is 6.44. The van der Waals surface area contributed by atoms with E-state index in [9.17, 15) is 0 Å². The highest BCUT2D eigenvalue weighted by Crippen LogP contribution is 2.30. The normalized spacial score (nSPS) is 10.6. The lowest BCUT2D eigenvalue weighted by molar-refractivity contribution is 0.887. The van der Waals surface area contributed by atoms with Crippen LogP contribution in [0.25, 0.3) is 0 Å². The van der Waals surface area contributed by atoms with Crippen LogP contribution < -0.4 is 5.73 Å². The Morgan fingerprint density at radius 2 is 2.17 bits per heavy atom. The Balaban J connectivity index is 2.13. The molecule has 2 aromatic rings. The highest BCUT2D eigenvalue weighted by atomic mass is 79.9. The molecule has 0 aliphatic heterocycles. The molecular weight excluding hydrogens is 332 g/mol. The van der Waals surface area contributed by atoms with Gasteiger partial charge in [-0.2, -0.15) is 0 Å². The number of pyridine rings is 1. The molecule has 0 atom stereocenters. The molecule has 18 heavy (non-hydrogen) atoms. The zero-order valence-electron chi connectivity index (χ0n) is 9.63. The average molecular weight is 343 g/mol. The third kappa shape index (κ3) is 3.37. The molecule has 2 aromatic heterocycles. The monoisotopic (exact) mass is 342 g/mol. The Morgan fingerprint density at radius 3 is 2.83 bits per heavy atom. The van der Waals surface area contributed by atoms with Gasteiger partial charge in [-0.1, -0.05) is 17.8 Å². The van der Waals surface area contributed by atoms with E-state index in [-0.39, 0.29) is 0 Å². The molecule has 0 spiro atoms. The number of anilines is 1. The number of rotatable bonds is 4. The van der Waals surface area contributed by atoms with E-state index in [1.807, 2.05) is 24.5 Å². The van der Waals surface area contributed by atoms with Crippen molar-refractivity contribution < 1.29 is 0 Å². The first kappa shape index (κ1) is 13.6. The van der Waals surface area contributed by atoms with E-state index in [4.69, 9.17) is 5.73 Å². The number of nitrogens with two attached hydrogens (primary N) is 1. The molecule has 2 heterocycles. The van der Waals surface area contributed by atoms with Crippen LogP contribution in [0.4, 0.5) is 5.82 Å². The predicted molar refractivity (Wildman–Crippen MR) is 79.7 cm³/mol. The number of hydrogen-bond acceptors (Lipinski definition) is 6. The second-order valence-corrected chi connectivity index (χ2v) is 5.85. The van der Waals surface area contributed by atoms with Gasteiger partial charge in [0.25, 0.3) is 0 Å². The number of halogens is 1. The van der Waals surface area contributed by atoms with E-state index in [1.165, 1.54) is 23.5 Å². The van der Waals surface area contributed by atoms with Gasteiger partial charge in [-0.15, -0.1) is 11.8 Å². The fraction of sp³-hybridized carbons (Fsp3) is 0.182. The summed E-state index contributed by atoms with van der Waals surface area (Å²) in [6.07, 6.45) is 3.74. The molecule has 94 valence electrons. The lowest BCUT2D eigenvalue weighted by Crippen LogP contribution is -1.99. The molecule has 0 saturated heterocycles. The van der Waals surface area contributed by atoms with Crippen molar-refractivity contribution in [2.75, 3.05) is 12.0 Å². The van der Waals surface area contributed by atoms with Crippen LogP contribution in [-0.2, 0) is 5.75 Å².